The van der Waals surface area contributed by atoms with Crippen molar-refractivity contribution in [2.24, 2.45) is 5.73 Å². The molecular weight excluding hydrogens is 312 g/mol. The van der Waals surface area contributed by atoms with E-state index >= 15 is 0 Å². The molecule has 2 rings (SSSR count). The van der Waals surface area contributed by atoms with Crippen molar-refractivity contribution < 1.29 is 8.78 Å². The number of hydrogen-bond donors (Lipinski definition) is 2. The van der Waals surface area contributed by atoms with E-state index < -0.39 is 11.6 Å². The molecule has 0 unspecified atom stereocenters. The van der Waals surface area contributed by atoms with Gasteiger partial charge in [-0.15, -0.1) is 11.3 Å². The Labute approximate surface area is 131 Å². The highest BCUT2D eigenvalue weighted by molar-refractivity contribution is 7.80. The van der Waals surface area contributed by atoms with Crippen LogP contribution in [0.2, 0.25) is 0 Å². The first-order valence-electron chi connectivity index (χ1n) is 6.20. The first-order chi connectivity index (χ1) is 9.68. The molecule has 0 aliphatic heterocycles. The Morgan fingerprint density at radius 1 is 1.29 bits per heavy atom. The van der Waals surface area contributed by atoms with Gasteiger partial charge in [-0.05, 0) is 12.1 Å². The van der Waals surface area contributed by atoms with E-state index in [1.54, 1.807) is 0 Å². The number of anilines is 2. The maximum atomic E-state index is 14.0. The van der Waals surface area contributed by atoms with Crippen molar-refractivity contribution in [1.82, 2.24) is 4.98 Å². The van der Waals surface area contributed by atoms with Gasteiger partial charge in [0.05, 0.1) is 5.69 Å². The molecule has 1 heterocycles. The summed E-state index contributed by atoms with van der Waals surface area (Å²) in [5.41, 5.74) is 6.00. The molecule has 1 aromatic carbocycles. The van der Waals surface area contributed by atoms with Gasteiger partial charge in [-0.3, -0.25) is 0 Å². The van der Waals surface area contributed by atoms with Gasteiger partial charge < -0.3 is 11.1 Å². The van der Waals surface area contributed by atoms with Crippen LogP contribution in [0.15, 0.2) is 17.5 Å². The highest BCUT2D eigenvalue weighted by atomic mass is 32.1. The molecule has 0 radical (unpaired) electrons. The molecule has 0 saturated heterocycles. The summed E-state index contributed by atoms with van der Waals surface area (Å²) in [5, 5.41) is 4.97. The zero-order chi connectivity index (χ0) is 15.8. The molecule has 0 amide bonds. The van der Waals surface area contributed by atoms with Crippen LogP contribution >= 0.6 is 23.6 Å². The number of nitrogens with zero attached hydrogens (tertiary/aromatic N) is 1. The monoisotopic (exact) mass is 327 g/mol. The number of aromatic nitrogens is 1. The van der Waals surface area contributed by atoms with E-state index in [0.29, 0.717) is 5.13 Å². The Morgan fingerprint density at radius 3 is 2.29 bits per heavy atom. The van der Waals surface area contributed by atoms with Crippen molar-refractivity contribution in [2.75, 3.05) is 5.32 Å². The van der Waals surface area contributed by atoms with E-state index in [0.717, 1.165) is 17.8 Å². The van der Waals surface area contributed by atoms with E-state index in [-0.39, 0.29) is 21.7 Å². The fourth-order valence-corrected chi connectivity index (χ4v) is 2.68. The van der Waals surface area contributed by atoms with Crippen molar-refractivity contribution in [3.63, 3.8) is 0 Å². The highest BCUT2D eigenvalue weighted by Crippen LogP contribution is 2.30. The molecule has 112 valence electrons. The Bertz CT molecular complexity index is 667. The molecule has 3 nitrogen and oxygen atoms in total. The minimum absolute atomic E-state index is 0.0522. The summed E-state index contributed by atoms with van der Waals surface area (Å²) in [6.07, 6.45) is 0. The molecule has 0 atom stereocenters. The average molecular weight is 327 g/mol. The fourth-order valence-electron chi connectivity index (χ4n) is 1.62. The molecule has 0 bridgehead atoms. The molecule has 1 aromatic heterocycles. The standard InChI is InChI=1S/C14H15F2N3S2/c1-14(2,3)10-6-21-13(18-10)19-11-8(15)4-7(12(17)20)5-9(11)16/h4-6H,1-3H3,(H2,17,20)(H,18,19). The maximum Gasteiger partial charge on any atom is 0.187 e. The van der Waals surface area contributed by atoms with Crippen molar-refractivity contribution in [3.05, 3.63) is 40.4 Å². The van der Waals surface area contributed by atoms with E-state index in [1.807, 2.05) is 26.2 Å². The van der Waals surface area contributed by atoms with E-state index in [2.05, 4.69) is 10.3 Å². The number of nitrogens with two attached hydrogens (primary N) is 1. The van der Waals surface area contributed by atoms with Crippen molar-refractivity contribution in [3.8, 4) is 0 Å². The molecule has 0 fully saturated rings. The summed E-state index contributed by atoms with van der Waals surface area (Å²) in [7, 11) is 0. The SMILES string of the molecule is CC(C)(C)c1csc(Nc2c(F)cc(C(N)=S)cc2F)n1. The predicted molar refractivity (Wildman–Crippen MR) is 86.3 cm³/mol. The van der Waals surface area contributed by atoms with Gasteiger partial charge in [0.1, 0.15) is 22.3 Å². The van der Waals surface area contributed by atoms with E-state index in [4.69, 9.17) is 18.0 Å². The number of rotatable bonds is 3. The van der Waals surface area contributed by atoms with Crippen LogP contribution in [-0.4, -0.2) is 9.97 Å². The van der Waals surface area contributed by atoms with Gasteiger partial charge in [0.2, 0.25) is 0 Å². The number of nitrogens with one attached hydrogen (secondary N) is 1. The second-order valence-electron chi connectivity index (χ2n) is 5.59. The Kier molecular flexibility index (Phi) is 4.25. The summed E-state index contributed by atoms with van der Waals surface area (Å²) < 4.78 is 27.9. The Hall–Kier alpha value is -1.60. The smallest absolute Gasteiger partial charge is 0.187 e. The Morgan fingerprint density at radius 2 is 1.86 bits per heavy atom. The van der Waals surface area contributed by atoms with Crippen LogP contribution < -0.4 is 11.1 Å². The molecule has 2 aromatic rings. The minimum atomic E-state index is -0.759. The summed E-state index contributed by atoms with van der Waals surface area (Å²) in [5.74, 6) is -1.52. The van der Waals surface area contributed by atoms with Gasteiger partial charge in [-0.1, -0.05) is 33.0 Å². The van der Waals surface area contributed by atoms with E-state index in [1.165, 1.54) is 11.3 Å². The third-order valence-electron chi connectivity index (χ3n) is 2.83. The van der Waals surface area contributed by atoms with Crippen LogP contribution in [0.25, 0.3) is 0 Å². The number of halogens is 2. The van der Waals surface area contributed by atoms with Crippen LogP contribution in [0, 0.1) is 11.6 Å². The van der Waals surface area contributed by atoms with Crippen LogP contribution in [0.1, 0.15) is 32.0 Å². The second-order valence-corrected chi connectivity index (χ2v) is 6.89. The fraction of sp³-hybridized carbons (Fsp3) is 0.286. The zero-order valence-electron chi connectivity index (χ0n) is 11.8. The highest BCUT2D eigenvalue weighted by Gasteiger charge is 2.19. The lowest BCUT2D eigenvalue weighted by Gasteiger charge is -2.14. The molecule has 3 N–H and O–H groups in total. The summed E-state index contributed by atoms with van der Waals surface area (Å²) >= 11 is 6.01. The maximum absolute atomic E-state index is 14.0. The van der Waals surface area contributed by atoms with Gasteiger partial charge in [0.15, 0.2) is 5.13 Å². The van der Waals surface area contributed by atoms with Crippen LogP contribution in [0.5, 0.6) is 0 Å². The molecule has 0 saturated carbocycles. The van der Waals surface area contributed by atoms with Gasteiger partial charge in [-0.2, -0.15) is 0 Å². The van der Waals surface area contributed by atoms with Crippen LogP contribution in [0.4, 0.5) is 19.6 Å². The third-order valence-corrected chi connectivity index (χ3v) is 3.82. The van der Waals surface area contributed by atoms with Gasteiger partial charge in [-0.25, -0.2) is 13.8 Å². The van der Waals surface area contributed by atoms with E-state index in [9.17, 15) is 8.78 Å². The largest absolute Gasteiger partial charge is 0.389 e. The first-order valence-corrected chi connectivity index (χ1v) is 7.49. The molecule has 0 aliphatic rings. The lowest BCUT2D eigenvalue weighted by Crippen LogP contribution is -2.12. The van der Waals surface area contributed by atoms with Crippen molar-refractivity contribution in [1.29, 1.82) is 0 Å². The van der Waals surface area contributed by atoms with Gasteiger partial charge >= 0.3 is 0 Å². The first kappa shape index (κ1) is 15.8. The molecule has 7 heteroatoms. The quantitative estimate of drug-likeness (QED) is 0.834. The van der Waals surface area contributed by atoms with Crippen molar-refractivity contribution >= 4 is 39.4 Å². The topological polar surface area (TPSA) is 50.9 Å². The van der Waals surface area contributed by atoms with Gasteiger partial charge in [0, 0.05) is 16.4 Å². The average Bonchev–Trinajstić information content (AvgIpc) is 2.81. The summed E-state index contributed by atoms with van der Waals surface area (Å²) in [4.78, 5) is 4.29. The third kappa shape index (κ3) is 3.54. The molecule has 0 aliphatic carbocycles. The number of benzene rings is 1. The lowest BCUT2D eigenvalue weighted by molar-refractivity contribution is 0.573. The Balaban J connectivity index is 2.32. The van der Waals surface area contributed by atoms with Crippen LogP contribution in [0.3, 0.4) is 0 Å². The van der Waals surface area contributed by atoms with Crippen LogP contribution in [-0.2, 0) is 5.41 Å². The summed E-state index contributed by atoms with van der Waals surface area (Å²) in [6.45, 7) is 6.05. The summed E-state index contributed by atoms with van der Waals surface area (Å²) in [6, 6.07) is 2.21. The lowest BCUT2D eigenvalue weighted by atomic mass is 9.93. The normalized spacial score (nSPS) is 11.5. The minimum Gasteiger partial charge on any atom is -0.389 e. The predicted octanol–water partition coefficient (Wildman–Crippen LogP) is 4.10. The second kappa shape index (κ2) is 5.65. The zero-order valence-corrected chi connectivity index (χ0v) is 13.5. The number of thiazole rings is 1. The number of thiocarbonyl (C=S) groups is 1. The molecule has 0 spiro atoms. The molecule has 21 heavy (non-hydrogen) atoms. The molecular formula is C14H15F2N3S2. The van der Waals surface area contributed by atoms with Crippen molar-refractivity contribution in [2.45, 2.75) is 26.2 Å². The van der Waals surface area contributed by atoms with Gasteiger partial charge in [0.25, 0.3) is 0 Å². The number of hydrogen-bond acceptors (Lipinski definition) is 4.